The van der Waals surface area contributed by atoms with E-state index in [1.807, 2.05) is 26.8 Å². The number of carbonyl (C=O) groups is 2. The van der Waals surface area contributed by atoms with Gasteiger partial charge < -0.3 is 20.1 Å². The molecule has 1 fully saturated rings. The molecule has 1 saturated carbocycles. The van der Waals surface area contributed by atoms with Crippen LogP contribution in [0, 0.1) is 0 Å². The number of alkyl carbamates (subject to hydrolysis) is 1. The normalized spacial score (nSPS) is 19.0. The number of ether oxygens (including phenoxy) is 2. The van der Waals surface area contributed by atoms with E-state index in [0.717, 1.165) is 25.0 Å². The highest BCUT2D eigenvalue weighted by molar-refractivity contribution is 6.02. The molecule has 1 aliphatic rings. The van der Waals surface area contributed by atoms with E-state index in [1.54, 1.807) is 20.2 Å². The molecule has 2 aromatic heterocycles. The minimum atomic E-state index is -0.394. The Bertz CT molecular complexity index is 897. The fourth-order valence-electron chi connectivity index (χ4n) is 3.56. The molecule has 10 nitrogen and oxygen atoms in total. The van der Waals surface area contributed by atoms with Crippen LogP contribution in [0.3, 0.4) is 0 Å². The van der Waals surface area contributed by atoms with Gasteiger partial charge in [0.2, 0.25) is 0 Å². The molecule has 0 bridgehead atoms. The van der Waals surface area contributed by atoms with E-state index in [1.165, 1.54) is 4.68 Å². The Morgan fingerprint density at radius 2 is 2.07 bits per heavy atom. The molecule has 3 N–H and O–H groups in total. The van der Waals surface area contributed by atoms with Crippen molar-refractivity contribution in [1.29, 1.82) is 0 Å². The Morgan fingerprint density at radius 1 is 1.30 bits per heavy atom. The Morgan fingerprint density at radius 3 is 2.77 bits per heavy atom. The molecule has 0 aliphatic heterocycles. The molecule has 10 heteroatoms. The fourth-order valence-corrected chi connectivity index (χ4v) is 3.56. The maximum absolute atomic E-state index is 12.5. The van der Waals surface area contributed by atoms with Crippen molar-refractivity contribution >= 4 is 17.8 Å². The number of hydrogen-bond donors (Lipinski definition) is 3. The van der Waals surface area contributed by atoms with E-state index in [0.29, 0.717) is 23.8 Å². The maximum Gasteiger partial charge on any atom is 0.407 e. The number of anilines is 1. The first-order valence-electron chi connectivity index (χ1n) is 10.0. The van der Waals surface area contributed by atoms with Crippen molar-refractivity contribution in [3.8, 4) is 0 Å². The Kier molecular flexibility index (Phi) is 6.45. The predicted octanol–water partition coefficient (Wildman–Crippen LogP) is 2.70. The van der Waals surface area contributed by atoms with Gasteiger partial charge in [0.1, 0.15) is 11.8 Å². The van der Waals surface area contributed by atoms with Gasteiger partial charge in [-0.3, -0.25) is 14.6 Å². The summed E-state index contributed by atoms with van der Waals surface area (Å²) in [6.07, 6.45) is 1.86. The zero-order valence-electron chi connectivity index (χ0n) is 18.1. The SMILES string of the molecule is COCc1cc(C(=O)Nc2cc([C@H]3CC[C@@H](OC(=O)NC(C)(C)C)C3)[nH]n2)n(C)n1. The summed E-state index contributed by atoms with van der Waals surface area (Å²) in [5.41, 5.74) is 1.69. The number of nitrogens with zero attached hydrogens (tertiary/aromatic N) is 3. The molecule has 0 radical (unpaired) electrons. The van der Waals surface area contributed by atoms with Crippen LogP contribution in [0.25, 0.3) is 0 Å². The number of methoxy groups -OCH3 is 1. The van der Waals surface area contributed by atoms with E-state index in [-0.39, 0.29) is 23.5 Å². The summed E-state index contributed by atoms with van der Waals surface area (Å²) in [7, 11) is 3.29. The Hall–Kier alpha value is -2.88. The second-order valence-corrected chi connectivity index (χ2v) is 8.65. The van der Waals surface area contributed by atoms with Gasteiger partial charge in [0.05, 0.1) is 12.3 Å². The third kappa shape index (κ3) is 5.59. The summed E-state index contributed by atoms with van der Waals surface area (Å²) < 4.78 is 12.1. The molecule has 2 aromatic rings. The smallest absolute Gasteiger partial charge is 0.407 e. The first-order valence-corrected chi connectivity index (χ1v) is 10.0. The molecule has 2 atom stereocenters. The lowest BCUT2D eigenvalue weighted by Crippen LogP contribution is -2.42. The Balaban J connectivity index is 1.55. The lowest BCUT2D eigenvalue weighted by molar-refractivity contribution is 0.0935. The molecular formula is C20H30N6O4. The van der Waals surface area contributed by atoms with Gasteiger partial charge in [-0.15, -0.1) is 0 Å². The van der Waals surface area contributed by atoms with Gasteiger partial charge in [0, 0.05) is 37.4 Å². The minimum Gasteiger partial charge on any atom is -0.446 e. The monoisotopic (exact) mass is 418 g/mol. The van der Waals surface area contributed by atoms with E-state index in [4.69, 9.17) is 9.47 Å². The van der Waals surface area contributed by atoms with Crippen molar-refractivity contribution in [1.82, 2.24) is 25.3 Å². The number of aromatic nitrogens is 4. The number of rotatable bonds is 6. The van der Waals surface area contributed by atoms with Gasteiger partial charge >= 0.3 is 6.09 Å². The van der Waals surface area contributed by atoms with Gasteiger partial charge in [0.25, 0.3) is 5.91 Å². The van der Waals surface area contributed by atoms with Gasteiger partial charge in [-0.2, -0.15) is 10.2 Å². The summed E-state index contributed by atoms with van der Waals surface area (Å²) in [6, 6.07) is 3.51. The van der Waals surface area contributed by atoms with Crippen LogP contribution in [0.2, 0.25) is 0 Å². The van der Waals surface area contributed by atoms with Crippen molar-refractivity contribution < 1.29 is 19.1 Å². The number of nitrogens with one attached hydrogen (secondary N) is 3. The number of H-pyrrole nitrogens is 1. The number of carbonyl (C=O) groups excluding carboxylic acids is 2. The summed E-state index contributed by atoms with van der Waals surface area (Å²) >= 11 is 0. The van der Waals surface area contributed by atoms with Crippen LogP contribution in [0.15, 0.2) is 12.1 Å². The van der Waals surface area contributed by atoms with Gasteiger partial charge in [0.15, 0.2) is 5.82 Å². The first kappa shape index (κ1) is 21.8. The first-order chi connectivity index (χ1) is 14.1. The molecule has 164 valence electrons. The lowest BCUT2D eigenvalue weighted by atomic mass is 10.0. The average molecular weight is 418 g/mol. The highest BCUT2D eigenvalue weighted by Gasteiger charge is 2.30. The van der Waals surface area contributed by atoms with Crippen LogP contribution >= 0.6 is 0 Å². The number of hydrogen-bond acceptors (Lipinski definition) is 6. The van der Waals surface area contributed by atoms with Crippen LogP contribution in [-0.4, -0.2) is 50.7 Å². The molecule has 0 aromatic carbocycles. The Labute approximate surface area is 175 Å². The number of aryl methyl sites for hydroxylation is 1. The van der Waals surface area contributed by atoms with Gasteiger partial charge in [-0.25, -0.2) is 4.79 Å². The summed E-state index contributed by atoms with van der Waals surface area (Å²) in [5, 5.41) is 17.0. The van der Waals surface area contributed by atoms with Gasteiger partial charge in [-0.1, -0.05) is 0 Å². The third-order valence-corrected chi connectivity index (χ3v) is 4.87. The second-order valence-electron chi connectivity index (χ2n) is 8.65. The van der Waals surface area contributed by atoms with Crippen molar-refractivity contribution in [3.63, 3.8) is 0 Å². The van der Waals surface area contributed by atoms with Gasteiger partial charge in [-0.05, 0) is 46.1 Å². The predicted molar refractivity (Wildman–Crippen MR) is 110 cm³/mol. The zero-order chi connectivity index (χ0) is 21.9. The van der Waals surface area contributed by atoms with Crippen molar-refractivity contribution in [2.45, 2.75) is 64.2 Å². The molecule has 30 heavy (non-hydrogen) atoms. The molecule has 1 aliphatic carbocycles. The quantitative estimate of drug-likeness (QED) is 0.663. The molecule has 0 spiro atoms. The topological polar surface area (TPSA) is 123 Å². The van der Waals surface area contributed by atoms with Crippen molar-refractivity contribution in [3.05, 3.63) is 29.2 Å². The minimum absolute atomic E-state index is 0.132. The molecule has 2 amide bonds. The number of aromatic amines is 1. The summed E-state index contributed by atoms with van der Waals surface area (Å²) in [5.74, 6) is 0.344. The number of amides is 2. The van der Waals surface area contributed by atoms with Crippen LogP contribution in [0.1, 0.15) is 67.8 Å². The van der Waals surface area contributed by atoms with E-state index >= 15 is 0 Å². The van der Waals surface area contributed by atoms with E-state index < -0.39 is 6.09 Å². The largest absolute Gasteiger partial charge is 0.446 e. The third-order valence-electron chi connectivity index (χ3n) is 4.87. The van der Waals surface area contributed by atoms with Crippen LogP contribution in [-0.2, 0) is 23.1 Å². The average Bonchev–Trinajstić information content (AvgIpc) is 3.34. The van der Waals surface area contributed by atoms with E-state index in [9.17, 15) is 9.59 Å². The standard InChI is InChI=1S/C20H30N6O4/c1-20(2,3)22-19(28)30-14-7-6-12(8-14)15-10-17(24-23-15)21-18(27)16-9-13(11-29-5)25-26(16)4/h9-10,12,14H,6-8,11H2,1-5H3,(H,22,28)(H2,21,23,24,27)/t12-,14+/m0/s1. The van der Waals surface area contributed by atoms with E-state index in [2.05, 4.69) is 25.9 Å². The van der Waals surface area contributed by atoms with Crippen molar-refractivity contribution in [2.24, 2.45) is 7.05 Å². The zero-order valence-corrected chi connectivity index (χ0v) is 18.1. The molecular weight excluding hydrogens is 388 g/mol. The molecule has 0 unspecified atom stereocenters. The fraction of sp³-hybridized carbons (Fsp3) is 0.600. The molecule has 2 heterocycles. The molecule has 3 rings (SSSR count). The molecule has 0 saturated heterocycles. The van der Waals surface area contributed by atoms with Crippen molar-refractivity contribution in [2.75, 3.05) is 12.4 Å². The van der Waals surface area contributed by atoms with Crippen LogP contribution in [0.4, 0.5) is 10.6 Å². The summed E-state index contributed by atoms with van der Waals surface area (Å²) in [6.45, 7) is 6.08. The lowest BCUT2D eigenvalue weighted by Gasteiger charge is -2.22. The van der Waals surface area contributed by atoms with Crippen LogP contribution < -0.4 is 10.6 Å². The maximum atomic E-state index is 12.5. The van der Waals surface area contributed by atoms with Crippen LogP contribution in [0.5, 0.6) is 0 Å². The second kappa shape index (κ2) is 8.86. The highest BCUT2D eigenvalue weighted by atomic mass is 16.6. The highest BCUT2D eigenvalue weighted by Crippen LogP contribution is 2.35. The summed E-state index contributed by atoms with van der Waals surface area (Å²) in [4.78, 5) is 24.5.